The minimum atomic E-state index is -0.271. The normalized spacial score (nSPS) is 13.1. The lowest BCUT2D eigenvalue weighted by atomic mass is 9.90. The summed E-state index contributed by atoms with van der Waals surface area (Å²) in [6.07, 6.45) is 0. The van der Waals surface area contributed by atoms with Crippen LogP contribution in [0.4, 0.5) is 11.5 Å². The van der Waals surface area contributed by atoms with Gasteiger partial charge in [-0.25, -0.2) is 0 Å². The minimum absolute atomic E-state index is 0.207. The highest BCUT2D eigenvalue weighted by atomic mass is 15.4. The molecule has 0 fully saturated rings. The Bertz CT molecular complexity index is 1070. The van der Waals surface area contributed by atoms with Crippen molar-refractivity contribution in [3.05, 3.63) is 22.8 Å². The Morgan fingerprint density at radius 2 is 1.61 bits per heavy atom. The number of rotatable bonds is 3. The van der Waals surface area contributed by atoms with Gasteiger partial charge in [-0.15, -0.1) is 10.2 Å². The van der Waals surface area contributed by atoms with Crippen LogP contribution in [0.15, 0.2) is 10.2 Å². The topological polar surface area (TPSA) is 123 Å². The van der Waals surface area contributed by atoms with Gasteiger partial charge in [0.25, 0.3) is 0 Å². The van der Waals surface area contributed by atoms with Gasteiger partial charge in [0, 0.05) is 16.7 Å². The van der Waals surface area contributed by atoms with E-state index in [9.17, 15) is 5.26 Å². The van der Waals surface area contributed by atoms with Gasteiger partial charge in [-0.3, -0.25) is 10.2 Å². The lowest BCUT2D eigenvalue weighted by Gasteiger charge is -2.15. The molecule has 3 heterocycles. The zero-order valence-corrected chi connectivity index (χ0v) is 17.7. The molecule has 0 aromatic carbocycles. The van der Waals surface area contributed by atoms with E-state index in [1.807, 2.05) is 20.8 Å². The van der Waals surface area contributed by atoms with Crippen LogP contribution in [0.25, 0.3) is 5.65 Å². The maximum atomic E-state index is 9.58. The van der Waals surface area contributed by atoms with E-state index in [1.54, 1.807) is 4.52 Å². The van der Waals surface area contributed by atoms with Crippen molar-refractivity contribution < 1.29 is 0 Å². The number of nitrogens with zero attached hydrogens (tertiary/aromatic N) is 7. The van der Waals surface area contributed by atoms with E-state index in [1.165, 1.54) is 0 Å². The fourth-order valence-corrected chi connectivity index (χ4v) is 2.96. The van der Waals surface area contributed by atoms with Crippen molar-refractivity contribution in [3.63, 3.8) is 0 Å². The third-order valence-electron chi connectivity index (χ3n) is 4.40. The maximum absolute atomic E-state index is 9.58. The van der Waals surface area contributed by atoms with Crippen molar-refractivity contribution in [1.29, 1.82) is 5.26 Å². The Kier molecular flexibility index (Phi) is 4.61. The maximum Gasteiger partial charge on any atom is 0.188 e. The van der Waals surface area contributed by atoms with E-state index >= 15 is 0 Å². The second-order valence-electron chi connectivity index (χ2n) is 9.30. The number of hydrogen-bond donors (Lipinski definition) is 2. The number of nitrogens with one attached hydrogen (secondary N) is 2. The van der Waals surface area contributed by atoms with Crippen LogP contribution in [0.1, 0.15) is 84.1 Å². The van der Waals surface area contributed by atoms with Gasteiger partial charge >= 0.3 is 0 Å². The van der Waals surface area contributed by atoms with Crippen molar-refractivity contribution in [2.75, 3.05) is 0 Å². The molecule has 9 nitrogen and oxygen atoms in total. The van der Waals surface area contributed by atoms with Crippen LogP contribution in [0, 0.1) is 11.3 Å². The van der Waals surface area contributed by atoms with Crippen molar-refractivity contribution in [1.82, 2.24) is 30.0 Å². The molecule has 3 aromatic heterocycles. The third-order valence-corrected chi connectivity index (χ3v) is 4.40. The molecule has 0 radical (unpaired) electrons. The first kappa shape index (κ1) is 19.7. The summed E-state index contributed by atoms with van der Waals surface area (Å²) in [6.45, 7) is 16.4. The van der Waals surface area contributed by atoms with Gasteiger partial charge in [0.1, 0.15) is 11.6 Å². The molecule has 3 rings (SSSR count). The van der Waals surface area contributed by atoms with E-state index < -0.39 is 0 Å². The average molecular weight is 381 g/mol. The van der Waals surface area contributed by atoms with Crippen molar-refractivity contribution in [2.45, 2.75) is 72.1 Å². The highest BCUT2D eigenvalue weighted by molar-refractivity contribution is 5.68. The Morgan fingerprint density at radius 1 is 0.964 bits per heavy atom. The zero-order valence-electron chi connectivity index (χ0n) is 17.7. The van der Waals surface area contributed by atoms with E-state index in [2.05, 4.69) is 71.3 Å². The molecule has 0 aliphatic heterocycles. The van der Waals surface area contributed by atoms with Gasteiger partial charge in [-0.05, 0) is 0 Å². The van der Waals surface area contributed by atoms with Crippen LogP contribution in [0.3, 0.4) is 0 Å². The van der Waals surface area contributed by atoms with E-state index in [4.69, 9.17) is 5.10 Å². The average Bonchev–Trinajstić information content (AvgIpc) is 3.23. The first-order valence-corrected chi connectivity index (χ1v) is 9.33. The number of hydrogen-bond acceptors (Lipinski definition) is 6. The third kappa shape index (κ3) is 3.30. The van der Waals surface area contributed by atoms with Crippen LogP contribution in [0.5, 0.6) is 0 Å². The standard InChI is InChI=1S/C19H27N9/c1-10(2)16-25-26-17-12(14(19(6,7)8)27-28(16)17)21-23-15-11(9-20)13(22-24-15)18(3,4)5/h10,26H,1-8H3,(H,22,24). The first-order valence-electron chi connectivity index (χ1n) is 9.33. The molecule has 0 aliphatic rings. The summed E-state index contributed by atoms with van der Waals surface area (Å²) < 4.78 is 1.79. The minimum Gasteiger partial charge on any atom is -0.258 e. The molecule has 2 N–H and O–H groups in total. The number of azo groups is 1. The summed E-state index contributed by atoms with van der Waals surface area (Å²) >= 11 is 0. The quantitative estimate of drug-likeness (QED) is 0.633. The van der Waals surface area contributed by atoms with Crippen LogP contribution >= 0.6 is 0 Å². The largest absolute Gasteiger partial charge is 0.258 e. The Balaban J connectivity index is 2.15. The van der Waals surface area contributed by atoms with Crippen LogP contribution in [-0.4, -0.2) is 30.0 Å². The van der Waals surface area contributed by atoms with E-state index in [0.717, 1.165) is 11.5 Å². The predicted octanol–water partition coefficient (Wildman–Crippen LogP) is 4.79. The van der Waals surface area contributed by atoms with Crippen molar-refractivity contribution in [3.8, 4) is 6.07 Å². The van der Waals surface area contributed by atoms with Gasteiger partial charge in [0.15, 0.2) is 23.0 Å². The Morgan fingerprint density at radius 3 is 2.14 bits per heavy atom. The van der Waals surface area contributed by atoms with E-state index in [0.29, 0.717) is 28.4 Å². The summed E-state index contributed by atoms with van der Waals surface area (Å²) in [5.41, 5.74) is 2.67. The molecule has 0 amide bonds. The van der Waals surface area contributed by atoms with Crippen LogP contribution in [-0.2, 0) is 10.8 Å². The summed E-state index contributed by atoms with van der Waals surface area (Å²) in [5.74, 6) is 1.38. The summed E-state index contributed by atoms with van der Waals surface area (Å²) in [4.78, 5) is 0. The molecule has 0 saturated heterocycles. The highest BCUT2D eigenvalue weighted by Gasteiger charge is 2.28. The fourth-order valence-electron chi connectivity index (χ4n) is 2.96. The first-order chi connectivity index (χ1) is 12.9. The van der Waals surface area contributed by atoms with Gasteiger partial charge < -0.3 is 0 Å². The van der Waals surface area contributed by atoms with Crippen molar-refractivity contribution in [2.24, 2.45) is 10.2 Å². The summed E-state index contributed by atoms with van der Waals surface area (Å²) in [7, 11) is 0. The van der Waals surface area contributed by atoms with Crippen LogP contribution < -0.4 is 0 Å². The Hall–Kier alpha value is -3.02. The molecule has 0 atom stereocenters. The monoisotopic (exact) mass is 381 g/mol. The number of aromatic nitrogens is 6. The van der Waals surface area contributed by atoms with Gasteiger partial charge in [-0.1, -0.05) is 55.4 Å². The lowest BCUT2D eigenvalue weighted by Crippen LogP contribution is -2.13. The van der Waals surface area contributed by atoms with Gasteiger partial charge in [-0.2, -0.15) is 25.1 Å². The Labute approximate surface area is 164 Å². The number of H-pyrrole nitrogens is 2. The van der Waals surface area contributed by atoms with Crippen molar-refractivity contribution >= 4 is 17.2 Å². The lowest BCUT2D eigenvalue weighted by molar-refractivity contribution is 0.558. The molecular formula is C19H27N9. The molecular weight excluding hydrogens is 354 g/mol. The summed E-state index contributed by atoms with van der Waals surface area (Å²) in [6, 6.07) is 2.19. The summed E-state index contributed by atoms with van der Waals surface area (Å²) in [5, 5.41) is 37.6. The molecule has 28 heavy (non-hydrogen) atoms. The zero-order chi connectivity index (χ0) is 20.9. The predicted molar refractivity (Wildman–Crippen MR) is 106 cm³/mol. The molecule has 3 aromatic rings. The molecule has 0 unspecified atom stereocenters. The fraction of sp³-hybridized carbons (Fsp3) is 0.579. The van der Waals surface area contributed by atoms with Gasteiger partial charge in [0.2, 0.25) is 0 Å². The molecule has 9 heteroatoms. The number of fused-ring (bicyclic) bond motifs is 1. The number of nitriles is 1. The second kappa shape index (κ2) is 6.55. The van der Waals surface area contributed by atoms with Gasteiger partial charge in [0.05, 0.1) is 11.4 Å². The molecule has 0 spiro atoms. The molecule has 148 valence electrons. The van der Waals surface area contributed by atoms with E-state index in [-0.39, 0.29) is 16.7 Å². The molecule has 0 aliphatic carbocycles. The smallest absolute Gasteiger partial charge is 0.188 e. The molecule has 0 saturated carbocycles. The SMILES string of the molecule is CC(C)c1n[nH]c2c(N=Nc3[nH]nc(C(C)(C)C)c3C#N)c(C(C)(C)C)nn12. The van der Waals surface area contributed by atoms with Crippen LogP contribution in [0.2, 0.25) is 0 Å². The molecule has 0 bridgehead atoms. The highest BCUT2D eigenvalue weighted by Crippen LogP contribution is 2.36. The number of aromatic amines is 2. The second-order valence-corrected chi connectivity index (χ2v) is 9.30.